The van der Waals surface area contributed by atoms with Gasteiger partial charge in [-0.1, -0.05) is 53.2 Å². The third-order valence-electron chi connectivity index (χ3n) is 3.55. The van der Waals surface area contributed by atoms with Crippen molar-refractivity contribution in [1.82, 2.24) is 4.90 Å². The molecule has 1 aromatic carbocycles. The van der Waals surface area contributed by atoms with E-state index in [1.54, 1.807) is 12.1 Å². The lowest BCUT2D eigenvalue weighted by atomic mass is 10.1. The van der Waals surface area contributed by atoms with Crippen LogP contribution >= 0.6 is 58.5 Å². The Hall–Kier alpha value is -0.890. The molecule has 1 aliphatic heterocycles. The molecule has 2 aromatic rings. The van der Waals surface area contributed by atoms with Crippen molar-refractivity contribution in [2.24, 2.45) is 0 Å². The molecule has 0 unspecified atom stereocenters. The molecule has 1 N–H and O–H groups in total. The number of thioether (sulfide) groups is 1. The third kappa shape index (κ3) is 4.27. The Morgan fingerprint density at radius 3 is 2.80 bits per heavy atom. The first-order valence-electron chi connectivity index (χ1n) is 7.40. The number of carbonyl (C=O) groups excluding carboxylic acids is 1. The average molecular weight is 430 g/mol. The molecular formula is C17H13Cl2NO2S3. The van der Waals surface area contributed by atoms with Gasteiger partial charge >= 0.3 is 0 Å². The summed E-state index contributed by atoms with van der Waals surface area (Å²) in [6, 6.07) is 7.37. The number of nitrogens with zero attached hydrogens (tertiary/aromatic N) is 1. The second-order valence-electron chi connectivity index (χ2n) is 5.27. The molecule has 1 aliphatic rings. The zero-order valence-electron chi connectivity index (χ0n) is 12.9. The number of halogens is 2. The molecule has 0 radical (unpaired) electrons. The number of aliphatic hydroxyl groups is 1. The second-order valence-corrected chi connectivity index (χ2v) is 8.73. The molecule has 1 amide bonds. The van der Waals surface area contributed by atoms with E-state index in [4.69, 9.17) is 40.5 Å². The third-order valence-corrected chi connectivity index (χ3v) is 6.35. The Balaban J connectivity index is 1.82. The van der Waals surface area contributed by atoms with Gasteiger partial charge < -0.3 is 5.11 Å². The molecule has 0 spiro atoms. The number of hydrogen-bond donors (Lipinski definition) is 1. The lowest BCUT2D eigenvalue weighted by molar-refractivity contribution is -0.122. The summed E-state index contributed by atoms with van der Waals surface area (Å²) < 4.78 is 0.530. The Morgan fingerprint density at radius 2 is 2.08 bits per heavy atom. The molecule has 8 heteroatoms. The van der Waals surface area contributed by atoms with E-state index in [-0.39, 0.29) is 12.5 Å². The van der Waals surface area contributed by atoms with Crippen molar-refractivity contribution >= 4 is 74.8 Å². The fourth-order valence-electron chi connectivity index (χ4n) is 2.34. The minimum Gasteiger partial charge on any atom is -0.396 e. The highest BCUT2D eigenvalue weighted by molar-refractivity contribution is 8.26. The average Bonchev–Trinajstić information content (AvgIpc) is 3.12. The molecule has 3 rings (SSSR count). The van der Waals surface area contributed by atoms with Crippen LogP contribution in [0.4, 0.5) is 0 Å². The van der Waals surface area contributed by atoms with Gasteiger partial charge in [0.15, 0.2) is 0 Å². The van der Waals surface area contributed by atoms with Gasteiger partial charge in [0, 0.05) is 33.6 Å². The number of carbonyl (C=O) groups is 1. The van der Waals surface area contributed by atoms with E-state index in [0.717, 1.165) is 16.0 Å². The van der Waals surface area contributed by atoms with Crippen LogP contribution in [0.25, 0.3) is 17.2 Å². The molecule has 0 aliphatic carbocycles. The fourth-order valence-corrected chi connectivity index (χ4v) is 5.07. The maximum atomic E-state index is 12.4. The molecule has 2 heterocycles. The van der Waals surface area contributed by atoms with Gasteiger partial charge in [-0.05, 0) is 41.6 Å². The summed E-state index contributed by atoms with van der Waals surface area (Å²) in [5, 5.41) is 12.1. The molecule has 25 heavy (non-hydrogen) atoms. The summed E-state index contributed by atoms with van der Waals surface area (Å²) in [5.41, 5.74) is 1.88. The van der Waals surface area contributed by atoms with Gasteiger partial charge in [-0.25, -0.2) is 0 Å². The van der Waals surface area contributed by atoms with Crippen molar-refractivity contribution in [1.29, 1.82) is 0 Å². The van der Waals surface area contributed by atoms with Crippen LogP contribution in [-0.4, -0.2) is 33.4 Å². The van der Waals surface area contributed by atoms with Crippen molar-refractivity contribution in [3.63, 3.8) is 0 Å². The largest absolute Gasteiger partial charge is 0.396 e. The maximum absolute atomic E-state index is 12.4. The molecule has 0 bridgehead atoms. The predicted molar refractivity (Wildman–Crippen MR) is 111 cm³/mol. The van der Waals surface area contributed by atoms with Crippen LogP contribution in [0.5, 0.6) is 0 Å². The van der Waals surface area contributed by atoms with Crippen LogP contribution in [0.15, 0.2) is 34.6 Å². The zero-order chi connectivity index (χ0) is 18.0. The standard InChI is InChI=1S/C17H13Cl2NO2S3/c18-11-2-3-13(14(19)7-11)10-6-12(24-9-10)8-15-16(22)20(4-1-5-21)17(23)25-15/h2-3,6-9,21H,1,4-5H2. The maximum Gasteiger partial charge on any atom is 0.266 e. The van der Waals surface area contributed by atoms with Crippen LogP contribution in [0.2, 0.25) is 10.0 Å². The lowest BCUT2D eigenvalue weighted by Gasteiger charge is -2.12. The first-order valence-corrected chi connectivity index (χ1v) is 10.3. The van der Waals surface area contributed by atoms with Crippen molar-refractivity contribution in [3.8, 4) is 11.1 Å². The Morgan fingerprint density at radius 1 is 1.28 bits per heavy atom. The van der Waals surface area contributed by atoms with Crippen LogP contribution in [0, 0.1) is 0 Å². The van der Waals surface area contributed by atoms with Crippen molar-refractivity contribution in [3.05, 3.63) is 49.5 Å². The van der Waals surface area contributed by atoms with Crippen LogP contribution < -0.4 is 0 Å². The molecule has 0 saturated carbocycles. The van der Waals surface area contributed by atoms with Gasteiger partial charge in [0.25, 0.3) is 5.91 Å². The van der Waals surface area contributed by atoms with Gasteiger partial charge in [0.2, 0.25) is 0 Å². The number of amides is 1. The van der Waals surface area contributed by atoms with E-state index in [2.05, 4.69) is 0 Å². The Kier molecular flexibility index (Phi) is 6.20. The van der Waals surface area contributed by atoms with Crippen LogP contribution in [-0.2, 0) is 4.79 Å². The number of benzene rings is 1. The Bertz CT molecular complexity index is 863. The molecular weight excluding hydrogens is 417 g/mol. The van der Waals surface area contributed by atoms with E-state index in [0.29, 0.717) is 32.2 Å². The molecule has 130 valence electrons. The monoisotopic (exact) mass is 429 g/mol. The Labute approximate surface area is 169 Å². The number of hydrogen-bond acceptors (Lipinski definition) is 5. The summed E-state index contributed by atoms with van der Waals surface area (Å²) in [4.78, 5) is 15.5. The normalized spacial score (nSPS) is 16.3. The lowest BCUT2D eigenvalue weighted by Crippen LogP contribution is -2.29. The van der Waals surface area contributed by atoms with Crippen LogP contribution in [0.3, 0.4) is 0 Å². The topological polar surface area (TPSA) is 40.5 Å². The van der Waals surface area contributed by atoms with E-state index in [9.17, 15) is 4.79 Å². The zero-order valence-corrected chi connectivity index (χ0v) is 16.8. The summed E-state index contributed by atoms with van der Waals surface area (Å²) in [7, 11) is 0. The van der Waals surface area contributed by atoms with E-state index in [1.165, 1.54) is 28.0 Å². The van der Waals surface area contributed by atoms with Crippen molar-refractivity contribution in [2.75, 3.05) is 13.2 Å². The SMILES string of the molecule is O=C1C(=Cc2cc(-c3ccc(Cl)cc3Cl)cs2)SC(=S)N1CCCO. The van der Waals surface area contributed by atoms with Gasteiger partial charge in [-0.3, -0.25) is 9.69 Å². The number of aliphatic hydroxyl groups excluding tert-OH is 1. The summed E-state index contributed by atoms with van der Waals surface area (Å²) in [6.07, 6.45) is 2.36. The van der Waals surface area contributed by atoms with Gasteiger partial charge in [-0.15, -0.1) is 11.3 Å². The highest BCUT2D eigenvalue weighted by Crippen LogP contribution is 2.37. The first kappa shape index (κ1) is 18.9. The van der Waals surface area contributed by atoms with Gasteiger partial charge in [0.05, 0.1) is 4.91 Å². The summed E-state index contributed by atoms with van der Waals surface area (Å²) in [5.74, 6) is -0.108. The van der Waals surface area contributed by atoms with E-state index in [1.807, 2.05) is 23.6 Å². The van der Waals surface area contributed by atoms with Crippen molar-refractivity contribution in [2.45, 2.75) is 6.42 Å². The quantitative estimate of drug-likeness (QED) is 0.516. The molecule has 0 atom stereocenters. The molecule has 1 aromatic heterocycles. The number of rotatable bonds is 5. The summed E-state index contributed by atoms with van der Waals surface area (Å²) in [6.45, 7) is 0.473. The number of thiocarbonyl (C=S) groups is 1. The predicted octanol–water partition coefficient (Wildman–Crippen LogP) is 5.31. The minimum atomic E-state index is -0.108. The molecule has 1 fully saturated rings. The van der Waals surface area contributed by atoms with Gasteiger partial charge in [-0.2, -0.15) is 0 Å². The second kappa shape index (κ2) is 8.20. The van der Waals surface area contributed by atoms with E-state index >= 15 is 0 Å². The summed E-state index contributed by atoms with van der Waals surface area (Å²) >= 11 is 20.3. The highest BCUT2D eigenvalue weighted by Gasteiger charge is 2.31. The molecule has 3 nitrogen and oxygen atoms in total. The smallest absolute Gasteiger partial charge is 0.266 e. The van der Waals surface area contributed by atoms with E-state index < -0.39 is 0 Å². The highest BCUT2D eigenvalue weighted by atomic mass is 35.5. The van der Waals surface area contributed by atoms with Crippen LogP contribution in [0.1, 0.15) is 11.3 Å². The van der Waals surface area contributed by atoms with Crippen molar-refractivity contribution < 1.29 is 9.90 Å². The first-order chi connectivity index (χ1) is 12.0. The molecule has 1 saturated heterocycles. The number of thiophene rings is 1. The van der Waals surface area contributed by atoms with Gasteiger partial charge in [0.1, 0.15) is 4.32 Å². The minimum absolute atomic E-state index is 0.0340. The fraction of sp³-hybridized carbons (Fsp3) is 0.176.